The molecule has 1 heterocycles. The minimum atomic E-state index is -4.07. The number of ether oxygens (including phenoxy) is 1. The molecule has 33 heavy (non-hydrogen) atoms. The van der Waals surface area contributed by atoms with Crippen molar-refractivity contribution in [3.8, 4) is 5.75 Å². The first-order chi connectivity index (χ1) is 15.5. The molecule has 0 spiro atoms. The summed E-state index contributed by atoms with van der Waals surface area (Å²) in [5.74, 6) is 0.464. The van der Waals surface area contributed by atoms with Crippen molar-refractivity contribution in [3.63, 3.8) is 0 Å². The van der Waals surface area contributed by atoms with E-state index < -0.39 is 20.0 Å². The standard InChI is InChI=1S/C24H34N2O5S2/c1-6-31-22-13-12-19(26-14-7-8-15-32(26,27)28)16-23(22)33(29,30)25-24-20(17(2)3)10-9-11-21(24)18(4)5/h9-13,16-18,25H,6-8,14-15H2,1-5H3. The summed E-state index contributed by atoms with van der Waals surface area (Å²) in [6.45, 7) is 10.5. The van der Waals surface area contributed by atoms with Crippen molar-refractivity contribution in [3.05, 3.63) is 47.5 Å². The van der Waals surface area contributed by atoms with Crippen LogP contribution in [0.2, 0.25) is 0 Å². The fraction of sp³-hybridized carbons (Fsp3) is 0.500. The molecule has 1 aliphatic rings. The maximum Gasteiger partial charge on any atom is 0.265 e. The number of rotatable bonds is 8. The van der Waals surface area contributed by atoms with E-state index in [2.05, 4.69) is 4.72 Å². The fourth-order valence-electron chi connectivity index (χ4n) is 4.07. The van der Waals surface area contributed by atoms with Crippen LogP contribution in [0, 0.1) is 0 Å². The van der Waals surface area contributed by atoms with Gasteiger partial charge in [-0.1, -0.05) is 45.9 Å². The van der Waals surface area contributed by atoms with Gasteiger partial charge in [0.25, 0.3) is 10.0 Å². The van der Waals surface area contributed by atoms with Crippen molar-refractivity contribution in [1.82, 2.24) is 0 Å². The second-order valence-corrected chi connectivity index (χ2v) is 12.5. The molecule has 0 radical (unpaired) electrons. The van der Waals surface area contributed by atoms with Gasteiger partial charge in [0.15, 0.2) is 0 Å². The zero-order chi connectivity index (χ0) is 24.4. The number of nitrogens with zero attached hydrogens (tertiary/aromatic N) is 1. The Morgan fingerprint density at radius 3 is 2.21 bits per heavy atom. The maximum atomic E-state index is 13.7. The zero-order valence-corrected chi connectivity index (χ0v) is 21.6. The van der Waals surface area contributed by atoms with Crippen molar-refractivity contribution in [2.45, 2.75) is 64.2 Å². The third kappa shape index (κ3) is 5.46. The van der Waals surface area contributed by atoms with Gasteiger partial charge in [0.05, 0.1) is 23.7 Å². The van der Waals surface area contributed by atoms with Crippen LogP contribution in [0.5, 0.6) is 5.75 Å². The van der Waals surface area contributed by atoms with Gasteiger partial charge in [0, 0.05) is 6.54 Å². The highest BCUT2D eigenvalue weighted by Crippen LogP contribution is 2.37. The molecule has 2 aromatic rings. The molecule has 1 N–H and O–H groups in total. The molecular weight excluding hydrogens is 460 g/mol. The summed E-state index contributed by atoms with van der Waals surface area (Å²) in [7, 11) is -7.55. The molecule has 1 fully saturated rings. The fourth-order valence-corrected chi connectivity index (χ4v) is 6.99. The van der Waals surface area contributed by atoms with Crippen LogP contribution in [0.4, 0.5) is 11.4 Å². The topological polar surface area (TPSA) is 92.8 Å². The Hall–Kier alpha value is -2.26. The number of para-hydroxylation sites is 1. The quantitative estimate of drug-likeness (QED) is 0.553. The van der Waals surface area contributed by atoms with E-state index in [0.29, 0.717) is 24.3 Å². The number of nitrogens with one attached hydrogen (secondary N) is 1. The lowest BCUT2D eigenvalue weighted by molar-refractivity contribution is 0.331. The summed E-state index contributed by atoms with van der Waals surface area (Å²) >= 11 is 0. The molecule has 0 aromatic heterocycles. The molecular formula is C24H34N2O5S2. The highest BCUT2D eigenvalue weighted by molar-refractivity contribution is 7.93. The maximum absolute atomic E-state index is 13.7. The van der Waals surface area contributed by atoms with Crippen LogP contribution in [-0.2, 0) is 20.0 Å². The largest absolute Gasteiger partial charge is 0.492 e. The molecule has 182 valence electrons. The Bertz CT molecular complexity index is 1180. The molecule has 0 unspecified atom stereocenters. The van der Waals surface area contributed by atoms with Crippen LogP contribution in [0.15, 0.2) is 41.3 Å². The van der Waals surface area contributed by atoms with Gasteiger partial charge in [0.1, 0.15) is 10.6 Å². The lowest BCUT2D eigenvalue weighted by Gasteiger charge is -2.29. The molecule has 0 aliphatic carbocycles. The molecule has 1 aliphatic heterocycles. The SMILES string of the molecule is CCOc1ccc(N2CCCCS2(=O)=O)cc1S(=O)(=O)Nc1c(C(C)C)cccc1C(C)C. The summed E-state index contributed by atoms with van der Waals surface area (Å²) in [6.07, 6.45) is 1.33. The van der Waals surface area contributed by atoms with E-state index in [1.54, 1.807) is 13.0 Å². The average molecular weight is 495 g/mol. The molecule has 3 rings (SSSR count). The minimum Gasteiger partial charge on any atom is -0.492 e. The lowest BCUT2D eigenvalue weighted by atomic mass is 9.93. The molecule has 0 saturated carbocycles. The predicted molar refractivity (Wildman–Crippen MR) is 133 cm³/mol. The molecule has 0 bridgehead atoms. The second-order valence-electron chi connectivity index (χ2n) is 8.89. The Morgan fingerprint density at radius 2 is 1.67 bits per heavy atom. The smallest absolute Gasteiger partial charge is 0.265 e. The molecule has 0 atom stereocenters. The summed E-state index contributed by atoms with van der Waals surface area (Å²) in [5.41, 5.74) is 2.70. The van der Waals surface area contributed by atoms with E-state index in [4.69, 9.17) is 4.74 Å². The molecule has 0 amide bonds. The van der Waals surface area contributed by atoms with E-state index in [1.165, 1.54) is 16.4 Å². The van der Waals surface area contributed by atoms with E-state index in [1.807, 2.05) is 45.9 Å². The van der Waals surface area contributed by atoms with Crippen LogP contribution >= 0.6 is 0 Å². The summed E-state index contributed by atoms with van der Waals surface area (Å²) < 4.78 is 62.3. The molecule has 1 saturated heterocycles. The Kier molecular flexibility index (Phi) is 7.63. The zero-order valence-electron chi connectivity index (χ0n) is 20.0. The third-order valence-electron chi connectivity index (χ3n) is 5.76. The monoisotopic (exact) mass is 494 g/mol. The third-order valence-corrected chi connectivity index (χ3v) is 9.00. The normalized spacial score (nSPS) is 16.3. The number of anilines is 2. The Balaban J connectivity index is 2.13. The van der Waals surface area contributed by atoms with Crippen molar-refractivity contribution < 1.29 is 21.6 Å². The van der Waals surface area contributed by atoms with Gasteiger partial charge < -0.3 is 4.74 Å². The van der Waals surface area contributed by atoms with E-state index in [9.17, 15) is 16.8 Å². The molecule has 9 heteroatoms. The Morgan fingerprint density at radius 1 is 1.03 bits per heavy atom. The van der Waals surface area contributed by atoms with Gasteiger partial charge in [-0.05, 0) is 60.9 Å². The van der Waals surface area contributed by atoms with Crippen LogP contribution < -0.4 is 13.8 Å². The van der Waals surface area contributed by atoms with Gasteiger partial charge in [-0.25, -0.2) is 16.8 Å². The van der Waals surface area contributed by atoms with Crippen molar-refractivity contribution in [1.29, 1.82) is 0 Å². The van der Waals surface area contributed by atoms with Gasteiger partial charge in [0.2, 0.25) is 10.0 Å². The van der Waals surface area contributed by atoms with Crippen molar-refractivity contribution in [2.75, 3.05) is 27.9 Å². The summed E-state index contributed by atoms with van der Waals surface area (Å²) in [6, 6.07) is 10.3. The van der Waals surface area contributed by atoms with E-state index in [0.717, 1.165) is 17.5 Å². The van der Waals surface area contributed by atoms with Crippen molar-refractivity contribution >= 4 is 31.4 Å². The predicted octanol–water partition coefficient (Wildman–Crippen LogP) is 5.06. The molecule has 7 nitrogen and oxygen atoms in total. The molecule has 2 aromatic carbocycles. The second kappa shape index (κ2) is 9.93. The van der Waals surface area contributed by atoms with E-state index in [-0.39, 0.29) is 34.8 Å². The van der Waals surface area contributed by atoms with Gasteiger partial charge in [-0.2, -0.15) is 0 Å². The van der Waals surface area contributed by atoms with Crippen molar-refractivity contribution in [2.24, 2.45) is 0 Å². The highest BCUT2D eigenvalue weighted by atomic mass is 32.2. The van der Waals surface area contributed by atoms with Crippen LogP contribution in [0.3, 0.4) is 0 Å². The summed E-state index contributed by atoms with van der Waals surface area (Å²) in [5, 5.41) is 0. The number of sulfonamides is 2. The first kappa shape index (κ1) is 25.4. The highest BCUT2D eigenvalue weighted by Gasteiger charge is 2.29. The first-order valence-corrected chi connectivity index (χ1v) is 14.5. The van der Waals surface area contributed by atoms with Crippen LogP contribution in [0.25, 0.3) is 0 Å². The Labute approximate surface area is 198 Å². The lowest BCUT2D eigenvalue weighted by Crippen LogP contribution is -2.38. The van der Waals surface area contributed by atoms with E-state index >= 15 is 0 Å². The van der Waals surface area contributed by atoms with Gasteiger partial charge >= 0.3 is 0 Å². The number of hydrogen-bond acceptors (Lipinski definition) is 5. The van der Waals surface area contributed by atoms with Gasteiger partial charge in [-0.15, -0.1) is 0 Å². The van der Waals surface area contributed by atoms with Crippen LogP contribution in [-0.4, -0.2) is 35.7 Å². The van der Waals surface area contributed by atoms with Gasteiger partial charge in [-0.3, -0.25) is 9.03 Å². The van der Waals surface area contributed by atoms with Crippen LogP contribution in [0.1, 0.15) is 70.4 Å². The number of benzene rings is 2. The first-order valence-electron chi connectivity index (χ1n) is 11.4. The number of hydrogen-bond donors (Lipinski definition) is 1. The minimum absolute atomic E-state index is 0.0556. The summed E-state index contributed by atoms with van der Waals surface area (Å²) in [4.78, 5) is -0.0733. The average Bonchev–Trinajstić information content (AvgIpc) is 2.73.